The molecule has 22 heavy (non-hydrogen) atoms. The number of nitrogens with one attached hydrogen (secondary N) is 1. The molecule has 2 aromatic rings. The number of aryl methyl sites for hydroxylation is 1. The van der Waals surface area contributed by atoms with Gasteiger partial charge >= 0.3 is 0 Å². The number of carbonyl (C=O) groups is 1. The second kappa shape index (κ2) is 7.50. The van der Waals surface area contributed by atoms with Gasteiger partial charge in [-0.3, -0.25) is 4.79 Å². The van der Waals surface area contributed by atoms with Crippen LogP contribution in [-0.2, 0) is 0 Å². The van der Waals surface area contributed by atoms with Crippen molar-refractivity contribution < 1.29 is 14.3 Å². The van der Waals surface area contributed by atoms with Crippen molar-refractivity contribution in [2.45, 2.75) is 20.8 Å². The molecule has 2 aromatic carbocycles. The monoisotopic (exact) mass is 299 g/mol. The van der Waals surface area contributed by atoms with Gasteiger partial charge in [0.15, 0.2) is 0 Å². The molecule has 116 valence electrons. The molecule has 0 aliphatic rings. The molecule has 0 aliphatic carbocycles. The SMILES string of the molecule is CCOc1ccc(OCC)c(NC(=O)c2ccccc2C)c1. The Bertz CT molecular complexity index is 653. The summed E-state index contributed by atoms with van der Waals surface area (Å²) in [7, 11) is 0. The number of rotatable bonds is 6. The zero-order valence-electron chi connectivity index (χ0n) is 13.2. The van der Waals surface area contributed by atoms with Gasteiger partial charge in [0, 0.05) is 11.6 Å². The first-order valence-electron chi connectivity index (χ1n) is 7.42. The summed E-state index contributed by atoms with van der Waals surface area (Å²) in [5.74, 6) is 1.17. The molecular weight excluding hydrogens is 278 g/mol. The Morgan fingerprint density at radius 1 is 1.05 bits per heavy atom. The molecule has 0 fully saturated rings. The summed E-state index contributed by atoms with van der Waals surface area (Å²) >= 11 is 0. The number of anilines is 1. The van der Waals surface area contributed by atoms with E-state index in [1.165, 1.54) is 0 Å². The Morgan fingerprint density at radius 2 is 1.77 bits per heavy atom. The highest BCUT2D eigenvalue weighted by molar-refractivity contribution is 6.06. The van der Waals surface area contributed by atoms with E-state index in [0.29, 0.717) is 36.0 Å². The molecule has 1 N–H and O–H groups in total. The van der Waals surface area contributed by atoms with Gasteiger partial charge in [-0.05, 0) is 44.5 Å². The smallest absolute Gasteiger partial charge is 0.256 e. The van der Waals surface area contributed by atoms with Crippen LogP contribution in [0, 0.1) is 6.92 Å². The van der Waals surface area contributed by atoms with Crippen molar-refractivity contribution in [2.24, 2.45) is 0 Å². The van der Waals surface area contributed by atoms with Crippen LogP contribution in [0.15, 0.2) is 42.5 Å². The van der Waals surface area contributed by atoms with Gasteiger partial charge in [0.2, 0.25) is 0 Å². The van der Waals surface area contributed by atoms with Gasteiger partial charge in [-0.15, -0.1) is 0 Å². The minimum atomic E-state index is -0.160. The van der Waals surface area contributed by atoms with Crippen LogP contribution >= 0.6 is 0 Å². The quantitative estimate of drug-likeness (QED) is 0.875. The summed E-state index contributed by atoms with van der Waals surface area (Å²) in [6.07, 6.45) is 0. The first kappa shape index (κ1) is 15.9. The van der Waals surface area contributed by atoms with Crippen molar-refractivity contribution in [1.29, 1.82) is 0 Å². The molecule has 0 unspecified atom stereocenters. The lowest BCUT2D eigenvalue weighted by molar-refractivity contribution is 0.102. The third-order valence-corrected chi connectivity index (χ3v) is 3.20. The lowest BCUT2D eigenvalue weighted by Crippen LogP contribution is -2.14. The van der Waals surface area contributed by atoms with E-state index in [1.54, 1.807) is 12.1 Å². The predicted octanol–water partition coefficient (Wildman–Crippen LogP) is 4.04. The normalized spacial score (nSPS) is 10.1. The fraction of sp³-hybridized carbons (Fsp3) is 0.278. The summed E-state index contributed by atoms with van der Waals surface area (Å²) in [6.45, 7) is 6.83. The van der Waals surface area contributed by atoms with E-state index in [2.05, 4.69) is 5.32 Å². The van der Waals surface area contributed by atoms with Crippen LogP contribution in [-0.4, -0.2) is 19.1 Å². The Kier molecular flexibility index (Phi) is 5.42. The van der Waals surface area contributed by atoms with E-state index in [9.17, 15) is 4.79 Å². The van der Waals surface area contributed by atoms with E-state index >= 15 is 0 Å². The molecule has 0 aromatic heterocycles. The summed E-state index contributed by atoms with van der Waals surface area (Å²) in [5, 5.41) is 2.91. The van der Waals surface area contributed by atoms with Crippen LogP contribution in [0.2, 0.25) is 0 Å². The van der Waals surface area contributed by atoms with E-state index in [1.807, 2.05) is 51.1 Å². The summed E-state index contributed by atoms with van der Waals surface area (Å²) in [4.78, 5) is 12.5. The Labute approximate surface area is 131 Å². The third kappa shape index (κ3) is 3.79. The highest BCUT2D eigenvalue weighted by atomic mass is 16.5. The molecule has 0 radical (unpaired) electrons. The van der Waals surface area contributed by atoms with Crippen molar-refractivity contribution in [2.75, 3.05) is 18.5 Å². The maximum atomic E-state index is 12.5. The molecule has 0 heterocycles. The summed E-state index contributed by atoms with van der Waals surface area (Å²) in [5.41, 5.74) is 2.19. The second-order valence-corrected chi connectivity index (χ2v) is 4.79. The fourth-order valence-corrected chi connectivity index (χ4v) is 2.16. The van der Waals surface area contributed by atoms with Gasteiger partial charge in [-0.1, -0.05) is 18.2 Å². The molecule has 0 atom stereocenters. The first-order chi connectivity index (χ1) is 10.7. The second-order valence-electron chi connectivity index (χ2n) is 4.79. The molecule has 0 saturated heterocycles. The Hall–Kier alpha value is -2.49. The van der Waals surface area contributed by atoms with E-state index < -0.39 is 0 Å². The number of hydrogen-bond acceptors (Lipinski definition) is 3. The van der Waals surface area contributed by atoms with E-state index in [-0.39, 0.29) is 5.91 Å². The van der Waals surface area contributed by atoms with Gasteiger partial charge < -0.3 is 14.8 Å². The molecule has 0 spiro atoms. The average molecular weight is 299 g/mol. The predicted molar refractivity (Wildman–Crippen MR) is 87.9 cm³/mol. The first-order valence-corrected chi connectivity index (χ1v) is 7.42. The number of carbonyl (C=O) groups excluding carboxylic acids is 1. The highest BCUT2D eigenvalue weighted by Gasteiger charge is 2.12. The minimum absolute atomic E-state index is 0.160. The highest BCUT2D eigenvalue weighted by Crippen LogP contribution is 2.30. The molecule has 4 nitrogen and oxygen atoms in total. The lowest BCUT2D eigenvalue weighted by atomic mass is 10.1. The Balaban J connectivity index is 2.28. The molecule has 1 amide bonds. The van der Waals surface area contributed by atoms with Crippen molar-refractivity contribution >= 4 is 11.6 Å². The number of ether oxygens (including phenoxy) is 2. The van der Waals surface area contributed by atoms with E-state index in [0.717, 1.165) is 5.56 Å². The van der Waals surface area contributed by atoms with Gasteiger partial charge in [-0.25, -0.2) is 0 Å². The molecular formula is C18H21NO3. The van der Waals surface area contributed by atoms with Crippen LogP contribution in [0.25, 0.3) is 0 Å². The molecule has 0 aliphatic heterocycles. The van der Waals surface area contributed by atoms with Crippen molar-refractivity contribution in [3.05, 3.63) is 53.6 Å². The molecule has 0 saturated carbocycles. The number of benzene rings is 2. The van der Waals surface area contributed by atoms with Gasteiger partial charge in [0.25, 0.3) is 5.91 Å². The van der Waals surface area contributed by atoms with E-state index in [4.69, 9.17) is 9.47 Å². The standard InChI is InChI=1S/C18H21NO3/c1-4-21-14-10-11-17(22-5-2)16(12-14)19-18(20)15-9-7-6-8-13(15)3/h6-12H,4-5H2,1-3H3,(H,19,20). The molecule has 2 rings (SSSR count). The molecule has 4 heteroatoms. The molecule has 0 bridgehead atoms. The van der Waals surface area contributed by atoms with Crippen LogP contribution in [0.3, 0.4) is 0 Å². The topological polar surface area (TPSA) is 47.6 Å². The largest absolute Gasteiger partial charge is 0.494 e. The zero-order valence-corrected chi connectivity index (χ0v) is 13.2. The average Bonchev–Trinajstić information content (AvgIpc) is 2.50. The lowest BCUT2D eigenvalue weighted by Gasteiger charge is -2.14. The van der Waals surface area contributed by atoms with Crippen molar-refractivity contribution in [3.63, 3.8) is 0 Å². The minimum Gasteiger partial charge on any atom is -0.494 e. The van der Waals surface area contributed by atoms with Gasteiger partial charge in [-0.2, -0.15) is 0 Å². The van der Waals surface area contributed by atoms with Crippen molar-refractivity contribution in [3.8, 4) is 11.5 Å². The number of hydrogen-bond donors (Lipinski definition) is 1. The van der Waals surface area contributed by atoms with Crippen LogP contribution in [0.4, 0.5) is 5.69 Å². The van der Waals surface area contributed by atoms with Crippen LogP contribution in [0.1, 0.15) is 29.8 Å². The van der Waals surface area contributed by atoms with Gasteiger partial charge in [0.05, 0.1) is 18.9 Å². The summed E-state index contributed by atoms with van der Waals surface area (Å²) in [6, 6.07) is 12.9. The van der Waals surface area contributed by atoms with Gasteiger partial charge in [0.1, 0.15) is 11.5 Å². The third-order valence-electron chi connectivity index (χ3n) is 3.20. The summed E-state index contributed by atoms with van der Waals surface area (Å²) < 4.78 is 11.1. The zero-order chi connectivity index (χ0) is 15.9. The Morgan fingerprint density at radius 3 is 2.45 bits per heavy atom. The maximum Gasteiger partial charge on any atom is 0.256 e. The number of amides is 1. The fourth-order valence-electron chi connectivity index (χ4n) is 2.16. The van der Waals surface area contributed by atoms with Crippen molar-refractivity contribution in [1.82, 2.24) is 0 Å². The maximum absolute atomic E-state index is 12.5. The van der Waals surface area contributed by atoms with Crippen LogP contribution < -0.4 is 14.8 Å². The van der Waals surface area contributed by atoms with Crippen LogP contribution in [0.5, 0.6) is 11.5 Å².